The predicted molar refractivity (Wildman–Crippen MR) is 147 cm³/mol. The Hall–Kier alpha value is -3.69. The van der Waals surface area contributed by atoms with E-state index >= 15 is 0 Å². The number of sulfonamides is 1. The van der Waals surface area contributed by atoms with Crippen molar-refractivity contribution in [1.29, 1.82) is 0 Å². The highest BCUT2D eigenvalue weighted by atomic mass is 32.2. The van der Waals surface area contributed by atoms with Crippen LogP contribution in [0.25, 0.3) is 0 Å². The van der Waals surface area contributed by atoms with Crippen LogP contribution in [0.4, 0.5) is 29.3 Å². The van der Waals surface area contributed by atoms with Crippen LogP contribution in [0.2, 0.25) is 0 Å². The SMILES string of the molecule is CCn1nc(OC)c(S(=O)(=O)N2C[C@H](CC(C)(C)NC(C)=O)Oc3ccc(NC(=O)OC(C)(C)C(F)(F)F)cc32)c1C. The van der Waals surface area contributed by atoms with Crippen molar-refractivity contribution in [3.63, 3.8) is 0 Å². The molecule has 0 fully saturated rings. The number of benzene rings is 1. The zero-order valence-electron chi connectivity index (χ0n) is 24.7. The van der Waals surface area contributed by atoms with E-state index in [4.69, 9.17) is 9.47 Å². The summed E-state index contributed by atoms with van der Waals surface area (Å²) >= 11 is 0. The molecule has 1 aromatic heterocycles. The van der Waals surface area contributed by atoms with Crippen LogP contribution in [0.5, 0.6) is 11.6 Å². The number of rotatable bonds is 9. The van der Waals surface area contributed by atoms with Gasteiger partial charge in [0.2, 0.25) is 11.5 Å². The van der Waals surface area contributed by atoms with Gasteiger partial charge in [-0.3, -0.25) is 19.1 Å². The van der Waals surface area contributed by atoms with Gasteiger partial charge in [0.25, 0.3) is 15.9 Å². The number of fused-ring (bicyclic) bond motifs is 1. The molecule has 16 heteroatoms. The van der Waals surface area contributed by atoms with Gasteiger partial charge in [-0.05, 0) is 59.7 Å². The number of anilines is 2. The summed E-state index contributed by atoms with van der Waals surface area (Å²) in [5.41, 5.74) is -3.23. The first kappa shape index (κ1) is 32.8. The quantitative estimate of drug-likeness (QED) is 0.422. The normalized spacial score (nSPS) is 15.9. The lowest BCUT2D eigenvalue weighted by atomic mass is 9.95. The van der Waals surface area contributed by atoms with Gasteiger partial charge in [-0.25, -0.2) is 13.2 Å². The highest BCUT2D eigenvalue weighted by molar-refractivity contribution is 7.93. The Kier molecular flexibility index (Phi) is 9.01. The van der Waals surface area contributed by atoms with Crippen molar-refractivity contribution in [2.45, 2.75) is 89.7 Å². The molecule has 0 saturated heterocycles. The number of alkyl halides is 3. The van der Waals surface area contributed by atoms with Gasteiger partial charge in [-0.2, -0.15) is 13.2 Å². The molecule has 1 atom stereocenters. The predicted octanol–water partition coefficient (Wildman–Crippen LogP) is 4.37. The lowest BCUT2D eigenvalue weighted by Gasteiger charge is -2.39. The van der Waals surface area contributed by atoms with Gasteiger partial charge in [0, 0.05) is 31.1 Å². The number of nitrogens with one attached hydrogen (secondary N) is 2. The monoisotopic (exact) mass is 619 g/mol. The molecule has 0 spiro atoms. The lowest BCUT2D eigenvalue weighted by molar-refractivity contribution is -0.242. The van der Waals surface area contributed by atoms with E-state index in [9.17, 15) is 31.2 Å². The second-order valence-corrected chi connectivity index (χ2v) is 12.8. The summed E-state index contributed by atoms with van der Waals surface area (Å²) in [5.74, 6) is -0.267. The van der Waals surface area contributed by atoms with Gasteiger partial charge < -0.3 is 19.5 Å². The molecule has 0 aliphatic carbocycles. The van der Waals surface area contributed by atoms with Crippen molar-refractivity contribution in [2.24, 2.45) is 0 Å². The number of aryl methyl sites for hydroxylation is 1. The summed E-state index contributed by atoms with van der Waals surface area (Å²) < 4.78 is 86.6. The minimum atomic E-state index is -4.82. The second kappa shape index (κ2) is 11.5. The molecule has 2 amide bonds. The zero-order chi connectivity index (χ0) is 31.8. The summed E-state index contributed by atoms with van der Waals surface area (Å²) in [5, 5.41) is 9.27. The Labute approximate surface area is 242 Å². The molecule has 234 valence electrons. The van der Waals surface area contributed by atoms with Crippen molar-refractivity contribution >= 4 is 33.4 Å². The van der Waals surface area contributed by atoms with Gasteiger partial charge in [0.15, 0.2) is 4.90 Å². The maximum atomic E-state index is 14.2. The van der Waals surface area contributed by atoms with Crippen molar-refractivity contribution in [3.05, 3.63) is 23.9 Å². The summed E-state index contributed by atoms with van der Waals surface area (Å²) in [7, 11) is -3.08. The van der Waals surface area contributed by atoms with Gasteiger partial charge in [0.05, 0.1) is 25.0 Å². The fraction of sp³-hybridized carbons (Fsp3) is 0.577. The van der Waals surface area contributed by atoms with Crippen LogP contribution in [-0.2, 0) is 26.1 Å². The van der Waals surface area contributed by atoms with Crippen molar-refractivity contribution < 1.29 is 45.4 Å². The number of halogens is 3. The Morgan fingerprint density at radius 1 is 1.19 bits per heavy atom. The van der Waals surface area contributed by atoms with E-state index in [1.54, 1.807) is 27.7 Å². The average Bonchev–Trinajstić information content (AvgIpc) is 3.17. The van der Waals surface area contributed by atoms with Gasteiger partial charge in [-0.15, -0.1) is 5.10 Å². The van der Waals surface area contributed by atoms with Crippen LogP contribution in [0.3, 0.4) is 0 Å². The molecule has 12 nitrogen and oxygen atoms in total. The molecule has 3 rings (SSSR count). The number of ether oxygens (including phenoxy) is 3. The Morgan fingerprint density at radius 3 is 2.38 bits per heavy atom. The lowest BCUT2D eigenvalue weighted by Crippen LogP contribution is -2.50. The Morgan fingerprint density at radius 2 is 1.83 bits per heavy atom. The summed E-state index contributed by atoms with van der Waals surface area (Å²) in [6, 6.07) is 3.99. The number of aromatic nitrogens is 2. The third-order valence-electron chi connectivity index (χ3n) is 6.58. The minimum absolute atomic E-state index is 0.0159. The van der Waals surface area contributed by atoms with E-state index in [1.165, 1.54) is 36.9 Å². The molecule has 2 aromatic rings. The smallest absolute Gasteiger partial charge is 0.427 e. The fourth-order valence-corrected chi connectivity index (χ4v) is 6.41. The minimum Gasteiger partial charge on any atom is -0.486 e. The van der Waals surface area contributed by atoms with E-state index < -0.39 is 39.5 Å². The highest BCUT2D eigenvalue weighted by Gasteiger charge is 2.51. The molecular formula is C26H36F3N5O7S. The molecule has 2 heterocycles. The second-order valence-electron chi connectivity index (χ2n) is 11.0. The van der Waals surface area contributed by atoms with E-state index in [0.29, 0.717) is 26.1 Å². The summed E-state index contributed by atoms with van der Waals surface area (Å²) in [6.45, 7) is 9.86. The van der Waals surface area contributed by atoms with Crippen LogP contribution in [-0.4, -0.2) is 67.3 Å². The van der Waals surface area contributed by atoms with Gasteiger partial charge >= 0.3 is 12.3 Å². The fourth-order valence-electron chi connectivity index (χ4n) is 4.60. The number of methoxy groups -OCH3 is 1. The molecule has 1 aliphatic rings. The molecule has 0 bridgehead atoms. The standard InChI is InChI=1S/C26H36F3N5O7S/c1-9-33-15(2)21(22(32-33)39-8)42(37,38)34-14-18(13-24(4,5)31-16(3)35)40-20-11-10-17(12-19(20)34)30-23(36)41-25(6,7)26(27,28)29/h10-12,18H,9,13-14H2,1-8H3,(H,30,36)(H,31,35)/t18-/m0/s1. The molecule has 1 aromatic carbocycles. The van der Waals surface area contributed by atoms with Crippen molar-refractivity contribution in [3.8, 4) is 11.6 Å². The first-order valence-electron chi connectivity index (χ1n) is 13.0. The van der Waals surface area contributed by atoms with Gasteiger partial charge in [-0.1, -0.05) is 0 Å². The third kappa shape index (κ3) is 6.85. The number of hydrogen-bond donors (Lipinski definition) is 2. The third-order valence-corrected chi connectivity index (χ3v) is 8.49. The van der Waals surface area contributed by atoms with E-state index in [1.807, 2.05) is 0 Å². The summed E-state index contributed by atoms with van der Waals surface area (Å²) in [6.07, 6.45) is -6.71. The van der Waals surface area contributed by atoms with Gasteiger partial charge in [0.1, 0.15) is 11.9 Å². The van der Waals surface area contributed by atoms with Crippen LogP contribution in [0.1, 0.15) is 53.7 Å². The number of hydrogen-bond acceptors (Lipinski definition) is 8. The van der Waals surface area contributed by atoms with E-state index in [0.717, 1.165) is 4.31 Å². The number of carbonyl (C=O) groups excluding carboxylic acids is 2. The zero-order valence-corrected chi connectivity index (χ0v) is 25.5. The topological polar surface area (TPSA) is 141 Å². The molecule has 0 unspecified atom stereocenters. The molecule has 0 radical (unpaired) electrons. The van der Waals surface area contributed by atoms with E-state index in [-0.39, 0.29) is 46.8 Å². The molecule has 0 saturated carbocycles. The molecule has 1 aliphatic heterocycles. The van der Waals surface area contributed by atoms with E-state index in [2.05, 4.69) is 20.5 Å². The van der Waals surface area contributed by atoms with Crippen LogP contribution in [0, 0.1) is 6.92 Å². The van der Waals surface area contributed by atoms with Crippen LogP contribution in [0.15, 0.2) is 23.1 Å². The number of nitrogens with zero attached hydrogens (tertiary/aromatic N) is 3. The number of amides is 2. The first-order chi connectivity index (χ1) is 19.2. The van der Waals surface area contributed by atoms with Crippen molar-refractivity contribution in [2.75, 3.05) is 23.3 Å². The van der Waals surface area contributed by atoms with Crippen molar-refractivity contribution in [1.82, 2.24) is 15.1 Å². The highest BCUT2D eigenvalue weighted by Crippen LogP contribution is 2.42. The Balaban J connectivity index is 2.07. The molecule has 2 N–H and O–H groups in total. The summed E-state index contributed by atoms with van der Waals surface area (Å²) in [4.78, 5) is 23.9. The first-order valence-corrected chi connectivity index (χ1v) is 14.5. The largest absolute Gasteiger partial charge is 0.486 e. The average molecular weight is 620 g/mol. The van der Waals surface area contributed by atoms with Crippen LogP contribution >= 0.6 is 0 Å². The Bertz CT molecular complexity index is 1450. The molecule has 42 heavy (non-hydrogen) atoms. The maximum Gasteiger partial charge on any atom is 0.427 e. The van der Waals surface area contributed by atoms with Crippen LogP contribution < -0.4 is 24.4 Å². The maximum absolute atomic E-state index is 14.2. The number of carbonyl (C=O) groups is 2. The molecular weight excluding hydrogens is 583 g/mol.